The summed E-state index contributed by atoms with van der Waals surface area (Å²) in [4.78, 5) is 10.9. The Labute approximate surface area is 68.2 Å². The molecule has 1 rings (SSSR count). The van der Waals surface area contributed by atoms with E-state index in [0.29, 0.717) is 6.42 Å². The summed E-state index contributed by atoms with van der Waals surface area (Å²) in [5.41, 5.74) is 1.61. The highest BCUT2D eigenvalue weighted by Crippen LogP contribution is 2.02. The van der Waals surface area contributed by atoms with Crippen molar-refractivity contribution >= 4 is 17.1 Å². The molecule has 0 aliphatic rings. The van der Waals surface area contributed by atoms with Crippen LogP contribution in [0.15, 0.2) is 5.51 Å². The highest BCUT2D eigenvalue weighted by Gasteiger charge is 2.04. The molecule has 0 aliphatic carbocycles. The average Bonchev–Trinajstić information content (AvgIpc) is 2.40. The van der Waals surface area contributed by atoms with E-state index in [9.17, 15) is 4.79 Å². The van der Waals surface area contributed by atoms with E-state index in [-0.39, 0.29) is 12.4 Å². The summed E-state index contributed by atoms with van der Waals surface area (Å²) in [7, 11) is 1.50. The van der Waals surface area contributed by atoms with Gasteiger partial charge in [-0.1, -0.05) is 0 Å². The highest BCUT2D eigenvalue weighted by atomic mass is 32.1. The first-order chi connectivity index (χ1) is 5.33. The SMILES string of the molecule is COCC(=O)Cc1nncs1. The van der Waals surface area contributed by atoms with Crippen LogP contribution in [-0.2, 0) is 16.0 Å². The van der Waals surface area contributed by atoms with Crippen molar-refractivity contribution in [3.63, 3.8) is 0 Å². The summed E-state index contributed by atoms with van der Waals surface area (Å²) < 4.78 is 4.66. The van der Waals surface area contributed by atoms with Gasteiger partial charge in [-0.3, -0.25) is 4.79 Å². The molecule has 0 saturated heterocycles. The summed E-state index contributed by atoms with van der Waals surface area (Å²) >= 11 is 1.38. The molecule has 0 amide bonds. The number of rotatable bonds is 4. The summed E-state index contributed by atoms with van der Waals surface area (Å²) in [5, 5.41) is 8.08. The number of nitrogens with zero attached hydrogens (tertiary/aromatic N) is 2. The molecule has 5 heteroatoms. The van der Waals surface area contributed by atoms with Crippen LogP contribution in [0.2, 0.25) is 0 Å². The highest BCUT2D eigenvalue weighted by molar-refractivity contribution is 7.09. The van der Waals surface area contributed by atoms with Gasteiger partial charge >= 0.3 is 0 Å². The number of ether oxygens (including phenoxy) is 1. The van der Waals surface area contributed by atoms with Gasteiger partial charge in [0.2, 0.25) is 0 Å². The normalized spacial score (nSPS) is 9.91. The second-order valence-electron chi connectivity index (χ2n) is 1.98. The lowest BCUT2D eigenvalue weighted by Crippen LogP contribution is -2.09. The molecule has 11 heavy (non-hydrogen) atoms. The first-order valence-corrected chi connectivity index (χ1v) is 3.96. The van der Waals surface area contributed by atoms with E-state index >= 15 is 0 Å². The van der Waals surface area contributed by atoms with Crippen LogP contribution in [0.5, 0.6) is 0 Å². The second-order valence-corrected chi connectivity index (χ2v) is 2.90. The lowest BCUT2D eigenvalue weighted by Gasteiger charge is -1.93. The maximum Gasteiger partial charge on any atom is 0.165 e. The summed E-state index contributed by atoms with van der Waals surface area (Å²) in [6, 6.07) is 0. The lowest BCUT2D eigenvalue weighted by molar-refractivity contribution is -0.121. The fourth-order valence-electron chi connectivity index (χ4n) is 0.654. The van der Waals surface area contributed by atoms with Gasteiger partial charge in [0.1, 0.15) is 17.1 Å². The first-order valence-electron chi connectivity index (χ1n) is 3.08. The molecule has 60 valence electrons. The zero-order valence-corrected chi connectivity index (χ0v) is 6.93. The van der Waals surface area contributed by atoms with E-state index in [1.165, 1.54) is 18.4 Å². The predicted molar refractivity (Wildman–Crippen MR) is 40.5 cm³/mol. The fraction of sp³-hybridized carbons (Fsp3) is 0.500. The third kappa shape index (κ3) is 2.73. The average molecular weight is 172 g/mol. The van der Waals surface area contributed by atoms with Crippen molar-refractivity contribution in [1.82, 2.24) is 10.2 Å². The zero-order valence-electron chi connectivity index (χ0n) is 6.11. The van der Waals surface area contributed by atoms with Crippen LogP contribution in [0.3, 0.4) is 0 Å². The summed E-state index contributed by atoms with van der Waals surface area (Å²) in [6.07, 6.45) is 0.332. The maximum atomic E-state index is 10.9. The van der Waals surface area contributed by atoms with E-state index in [2.05, 4.69) is 14.9 Å². The molecule has 0 N–H and O–H groups in total. The van der Waals surface area contributed by atoms with Crippen molar-refractivity contribution in [3.8, 4) is 0 Å². The Morgan fingerprint density at radius 3 is 3.18 bits per heavy atom. The summed E-state index contributed by atoms with van der Waals surface area (Å²) in [5.74, 6) is 0.0317. The van der Waals surface area contributed by atoms with Crippen molar-refractivity contribution in [2.45, 2.75) is 6.42 Å². The monoisotopic (exact) mass is 172 g/mol. The van der Waals surface area contributed by atoms with Crippen LogP contribution < -0.4 is 0 Å². The molecular formula is C6H8N2O2S. The van der Waals surface area contributed by atoms with Gasteiger partial charge < -0.3 is 4.74 Å². The molecule has 1 aromatic rings. The van der Waals surface area contributed by atoms with E-state index < -0.39 is 0 Å². The van der Waals surface area contributed by atoms with Gasteiger partial charge in [0.25, 0.3) is 0 Å². The number of hydrogen-bond acceptors (Lipinski definition) is 5. The summed E-state index contributed by atoms with van der Waals surface area (Å²) in [6.45, 7) is 0.152. The Morgan fingerprint density at radius 2 is 2.64 bits per heavy atom. The van der Waals surface area contributed by atoms with Gasteiger partial charge in [0.15, 0.2) is 5.78 Å². The molecule has 0 saturated carbocycles. The van der Waals surface area contributed by atoms with Crippen LogP contribution in [0.1, 0.15) is 5.01 Å². The van der Waals surface area contributed by atoms with Crippen molar-refractivity contribution in [2.24, 2.45) is 0 Å². The zero-order chi connectivity index (χ0) is 8.10. The topological polar surface area (TPSA) is 52.1 Å². The predicted octanol–water partition coefficient (Wildman–Crippen LogP) is 0.296. The minimum absolute atomic E-state index is 0.0317. The molecule has 0 radical (unpaired) electrons. The van der Waals surface area contributed by atoms with Crippen LogP contribution in [0, 0.1) is 0 Å². The number of ketones is 1. The molecule has 4 nitrogen and oxygen atoms in total. The van der Waals surface area contributed by atoms with E-state index in [1.54, 1.807) is 5.51 Å². The van der Waals surface area contributed by atoms with Crippen LogP contribution >= 0.6 is 11.3 Å². The number of carbonyl (C=O) groups excluding carboxylic acids is 1. The van der Waals surface area contributed by atoms with E-state index in [0.717, 1.165) is 5.01 Å². The van der Waals surface area contributed by atoms with Gasteiger partial charge in [-0.2, -0.15) is 0 Å². The Morgan fingerprint density at radius 1 is 1.82 bits per heavy atom. The molecule has 1 heterocycles. The van der Waals surface area contributed by atoms with Gasteiger partial charge in [0.05, 0.1) is 6.42 Å². The number of methoxy groups -OCH3 is 1. The Kier molecular flexibility index (Phi) is 3.13. The van der Waals surface area contributed by atoms with Crippen LogP contribution in [0.25, 0.3) is 0 Å². The molecule has 0 atom stereocenters. The first kappa shape index (κ1) is 8.29. The number of hydrogen-bond donors (Lipinski definition) is 0. The number of carbonyl (C=O) groups is 1. The van der Waals surface area contributed by atoms with E-state index in [4.69, 9.17) is 0 Å². The minimum atomic E-state index is 0.0317. The smallest absolute Gasteiger partial charge is 0.165 e. The molecule has 0 aliphatic heterocycles. The minimum Gasteiger partial charge on any atom is -0.377 e. The van der Waals surface area contributed by atoms with Gasteiger partial charge in [-0.05, 0) is 0 Å². The standard InChI is InChI=1S/C6H8N2O2S/c1-10-3-5(9)2-6-8-7-4-11-6/h4H,2-3H2,1H3. The van der Waals surface area contributed by atoms with Crippen LogP contribution in [-0.4, -0.2) is 29.7 Å². The van der Waals surface area contributed by atoms with Gasteiger partial charge in [-0.15, -0.1) is 21.5 Å². The molecule has 1 aromatic heterocycles. The Balaban J connectivity index is 2.37. The molecule has 0 spiro atoms. The number of Topliss-reactive ketones (excluding diaryl/α,β-unsaturated/α-hetero) is 1. The largest absolute Gasteiger partial charge is 0.377 e. The molecule has 0 aromatic carbocycles. The third-order valence-electron chi connectivity index (χ3n) is 1.06. The quantitative estimate of drug-likeness (QED) is 0.655. The molecule has 0 bridgehead atoms. The van der Waals surface area contributed by atoms with Crippen molar-refractivity contribution in [3.05, 3.63) is 10.5 Å². The fourth-order valence-corrected chi connectivity index (χ4v) is 1.21. The van der Waals surface area contributed by atoms with Crippen LogP contribution in [0.4, 0.5) is 0 Å². The molecular weight excluding hydrogens is 164 g/mol. The van der Waals surface area contributed by atoms with Crippen molar-refractivity contribution in [2.75, 3.05) is 13.7 Å². The number of aromatic nitrogens is 2. The third-order valence-corrected chi connectivity index (χ3v) is 1.76. The van der Waals surface area contributed by atoms with Gasteiger partial charge in [-0.25, -0.2) is 0 Å². The Hall–Kier alpha value is -0.810. The second kappa shape index (κ2) is 4.15. The maximum absolute atomic E-state index is 10.9. The molecule has 0 unspecified atom stereocenters. The Bertz CT molecular complexity index is 222. The molecule has 0 fully saturated rings. The van der Waals surface area contributed by atoms with Crippen molar-refractivity contribution < 1.29 is 9.53 Å². The van der Waals surface area contributed by atoms with E-state index in [1.807, 2.05) is 0 Å². The lowest BCUT2D eigenvalue weighted by atomic mass is 10.3. The van der Waals surface area contributed by atoms with Gasteiger partial charge in [0, 0.05) is 7.11 Å². The van der Waals surface area contributed by atoms with Crippen molar-refractivity contribution in [1.29, 1.82) is 0 Å².